The van der Waals surface area contributed by atoms with Crippen molar-refractivity contribution in [1.29, 1.82) is 0 Å². The van der Waals surface area contributed by atoms with E-state index in [1.54, 1.807) is 6.92 Å². The summed E-state index contributed by atoms with van der Waals surface area (Å²) in [6, 6.07) is -0.954. The molecular formula is C9H16N2O3. The van der Waals surface area contributed by atoms with Crippen molar-refractivity contribution in [3.8, 4) is 0 Å². The Morgan fingerprint density at radius 2 is 2.14 bits per heavy atom. The van der Waals surface area contributed by atoms with Crippen molar-refractivity contribution in [3.63, 3.8) is 0 Å². The summed E-state index contributed by atoms with van der Waals surface area (Å²) in [6.07, 6.45) is 1.95. The molecule has 4 N–H and O–H groups in total. The molecule has 5 heteroatoms. The normalized spacial score (nSPS) is 19.9. The summed E-state index contributed by atoms with van der Waals surface area (Å²) in [4.78, 5) is 22.0. The largest absolute Gasteiger partial charge is 0.480 e. The molecule has 14 heavy (non-hydrogen) atoms. The Bertz CT molecular complexity index is 236. The number of nitrogens with two attached hydrogens (primary N) is 1. The van der Waals surface area contributed by atoms with Gasteiger partial charge in [-0.15, -0.1) is 0 Å². The van der Waals surface area contributed by atoms with Gasteiger partial charge in [-0.3, -0.25) is 4.79 Å². The molecule has 1 aliphatic carbocycles. The van der Waals surface area contributed by atoms with Crippen molar-refractivity contribution in [2.45, 2.75) is 38.3 Å². The van der Waals surface area contributed by atoms with Crippen molar-refractivity contribution in [1.82, 2.24) is 5.32 Å². The van der Waals surface area contributed by atoms with Gasteiger partial charge in [0.2, 0.25) is 5.91 Å². The molecule has 0 aromatic carbocycles. The number of carboxylic acid groups (broad SMARTS) is 1. The maximum Gasteiger partial charge on any atom is 0.326 e. The minimum absolute atomic E-state index is 0.115. The molecule has 0 bridgehead atoms. The number of carboxylic acids is 1. The number of rotatable bonds is 5. The summed E-state index contributed by atoms with van der Waals surface area (Å²) < 4.78 is 0. The highest BCUT2D eigenvalue weighted by molar-refractivity contribution is 5.84. The van der Waals surface area contributed by atoms with E-state index in [2.05, 4.69) is 5.32 Å². The van der Waals surface area contributed by atoms with Crippen LogP contribution in [0.3, 0.4) is 0 Å². The molecule has 0 heterocycles. The van der Waals surface area contributed by atoms with E-state index < -0.39 is 12.0 Å². The Morgan fingerprint density at radius 1 is 1.57 bits per heavy atom. The number of amides is 1. The first-order valence-electron chi connectivity index (χ1n) is 4.78. The second-order valence-corrected chi connectivity index (χ2v) is 3.90. The molecule has 2 atom stereocenters. The van der Waals surface area contributed by atoms with Gasteiger partial charge < -0.3 is 16.2 Å². The van der Waals surface area contributed by atoms with Crippen LogP contribution in [0.4, 0.5) is 0 Å². The van der Waals surface area contributed by atoms with Crippen LogP contribution < -0.4 is 11.1 Å². The summed E-state index contributed by atoms with van der Waals surface area (Å²) in [5.74, 6) is -1.12. The van der Waals surface area contributed by atoms with Gasteiger partial charge in [0.05, 0.1) is 0 Å². The lowest BCUT2D eigenvalue weighted by molar-refractivity contribution is -0.142. The zero-order valence-electron chi connectivity index (χ0n) is 8.19. The minimum Gasteiger partial charge on any atom is -0.480 e. The molecule has 1 rings (SSSR count). The van der Waals surface area contributed by atoms with E-state index in [1.165, 1.54) is 0 Å². The zero-order chi connectivity index (χ0) is 10.7. The van der Waals surface area contributed by atoms with E-state index in [4.69, 9.17) is 10.8 Å². The van der Waals surface area contributed by atoms with Crippen molar-refractivity contribution < 1.29 is 14.7 Å². The van der Waals surface area contributed by atoms with Gasteiger partial charge in [0.1, 0.15) is 6.04 Å². The molecule has 1 amide bonds. The topological polar surface area (TPSA) is 92.4 Å². The number of nitrogens with one attached hydrogen (secondary N) is 1. The maximum absolute atomic E-state index is 11.2. The molecule has 0 radical (unpaired) electrons. The molecule has 1 fully saturated rings. The molecule has 0 aliphatic heterocycles. The molecule has 1 saturated carbocycles. The smallest absolute Gasteiger partial charge is 0.326 e. The van der Waals surface area contributed by atoms with Crippen LogP contribution in [0.5, 0.6) is 0 Å². The molecular weight excluding hydrogens is 184 g/mol. The van der Waals surface area contributed by atoms with Gasteiger partial charge in [-0.25, -0.2) is 4.79 Å². The van der Waals surface area contributed by atoms with Gasteiger partial charge in [-0.05, 0) is 25.7 Å². The lowest BCUT2D eigenvalue weighted by Crippen LogP contribution is -2.43. The van der Waals surface area contributed by atoms with E-state index in [0.29, 0.717) is 0 Å². The molecule has 2 unspecified atom stereocenters. The maximum atomic E-state index is 11.2. The first-order valence-corrected chi connectivity index (χ1v) is 4.78. The third kappa shape index (κ3) is 3.33. The molecule has 0 spiro atoms. The molecule has 1 aliphatic rings. The molecule has 5 nitrogen and oxygen atoms in total. The Morgan fingerprint density at radius 3 is 2.50 bits per heavy atom. The third-order valence-corrected chi connectivity index (χ3v) is 2.18. The summed E-state index contributed by atoms with van der Waals surface area (Å²) in [6.45, 7) is 1.71. The second kappa shape index (κ2) is 4.41. The fourth-order valence-corrected chi connectivity index (χ4v) is 1.34. The lowest BCUT2D eigenvalue weighted by Gasteiger charge is -2.14. The van der Waals surface area contributed by atoms with Crippen molar-refractivity contribution in [2.75, 3.05) is 0 Å². The van der Waals surface area contributed by atoms with E-state index in [1.807, 2.05) is 0 Å². The highest BCUT2D eigenvalue weighted by Gasteiger charge is 2.37. The van der Waals surface area contributed by atoms with E-state index in [9.17, 15) is 9.59 Å². The van der Waals surface area contributed by atoms with Crippen LogP contribution in [-0.2, 0) is 9.59 Å². The van der Waals surface area contributed by atoms with Gasteiger partial charge in [-0.2, -0.15) is 0 Å². The Labute approximate surface area is 82.7 Å². The van der Waals surface area contributed by atoms with Crippen molar-refractivity contribution in [2.24, 2.45) is 11.7 Å². The van der Waals surface area contributed by atoms with E-state index in [-0.39, 0.29) is 24.3 Å². The number of hydrogen-bond acceptors (Lipinski definition) is 3. The SMILES string of the molecule is CC(N)CC(=O)NC(C(=O)O)C1CC1. The van der Waals surface area contributed by atoms with E-state index >= 15 is 0 Å². The van der Waals surface area contributed by atoms with Gasteiger partial charge in [-0.1, -0.05) is 0 Å². The predicted octanol–water partition coefficient (Wildman–Crippen LogP) is -0.297. The number of carbonyl (C=O) groups is 2. The fourth-order valence-electron chi connectivity index (χ4n) is 1.34. The predicted molar refractivity (Wildman–Crippen MR) is 50.6 cm³/mol. The highest BCUT2D eigenvalue weighted by atomic mass is 16.4. The lowest BCUT2D eigenvalue weighted by atomic mass is 10.1. The van der Waals surface area contributed by atoms with Crippen LogP contribution in [0.1, 0.15) is 26.2 Å². The van der Waals surface area contributed by atoms with Crippen LogP contribution in [0, 0.1) is 5.92 Å². The Kier molecular flexibility index (Phi) is 3.46. The first kappa shape index (κ1) is 11.0. The van der Waals surface area contributed by atoms with E-state index in [0.717, 1.165) is 12.8 Å². The van der Waals surface area contributed by atoms with Gasteiger partial charge in [0.15, 0.2) is 0 Å². The third-order valence-electron chi connectivity index (χ3n) is 2.18. The zero-order valence-corrected chi connectivity index (χ0v) is 8.19. The summed E-state index contributed by atoms with van der Waals surface area (Å²) in [7, 11) is 0. The monoisotopic (exact) mass is 200 g/mol. The van der Waals surface area contributed by atoms with Gasteiger partial charge in [0, 0.05) is 12.5 Å². The minimum atomic E-state index is -0.953. The van der Waals surface area contributed by atoms with Crippen LogP contribution in [0.2, 0.25) is 0 Å². The molecule has 0 saturated heterocycles. The highest BCUT2D eigenvalue weighted by Crippen LogP contribution is 2.32. The summed E-state index contributed by atoms with van der Waals surface area (Å²) >= 11 is 0. The quantitative estimate of drug-likeness (QED) is 0.568. The second-order valence-electron chi connectivity index (χ2n) is 3.90. The number of aliphatic carboxylic acids is 1. The van der Waals surface area contributed by atoms with Crippen LogP contribution >= 0.6 is 0 Å². The van der Waals surface area contributed by atoms with Crippen molar-refractivity contribution in [3.05, 3.63) is 0 Å². The summed E-state index contributed by atoms with van der Waals surface area (Å²) in [5, 5.41) is 11.3. The average molecular weight is 200 g/mol. The average Bonchev–Trinajstić information content (AvgIpc) is 2.80. The Balaban J connectivity index is 2.39. The molecule has 80 valence electrons. The molecule has 0 aromatic heterocycles. The van der Waals surface area contributed by atoms with Crippen LogP contribution in [0.15, 0.2) is 0 Å². The van der Waals surface area contributed by atoms with Crippen LogP contribution in [0.25, 0.3) is 0 Å². The van der Waals surface area contributed by atoms with Gasteiger partial charge >= 0.3 is 5.97 Å². The van der Waals surface area contributed by atoms with Gasteiger partial charge in [0.25, 0.3) is 0 Å². The summed E-state index contributed by atoms with van der Waals surface area (Å²) in [5.41, 5.74) is 5.43. The standard InChI is InChI=1S/C9H16N2O3/c1-5(10)4-7(12)11-8(9(13)14)6-2-3-6/h5-6,8H,2-4,10H2,1H3,(H,11,12)(H,13,14). The fraction of sp³-hybridized carbons (Fsp3) is 0.778. The van der Waals surface area contributed by atoms with Crippen molar-refractivity contribution >= 4 is 11.9 Å². The number of carbonyl (C=O) groups excluding carboxylic acids is 1. The first-order chi connectivity index (χ1) is 6.50. The van der Waals surface area contributed by atoms with Crippen LogP contribution in [-0.4, -0.2) is 29.1 Å². The molecule has 0 aromatic rings. The number of hydrogen-bond donors (Lipinski definition) is 3. The Hall–Kier alpha value is -1.10.